The summed E-state index contributed by atoms with van der Waals surface area (Å²) in [6, 6.07) is 5.96. The number of aryl methyl sites for hydroxylation is 1. The molecular formula is C12H13NS3. The largest absolute Gasteiger partial charge is 0.241 e. The van der Waals surface area contributed by atoms with Gasteiger partial charge < -0.3 is 0 Å². The molecule has 0 radical (unpaired) electrons. The lowest BCUT2D eigenvalue weighted by Gasteiger charge is -2.03. The van der Waals surface area contributed by atoms with Crippen LogP contribution in [-0.4, -0.2) is 4.98 Å². The molecule has 2 rings (SSSR count). The average molecular weight is 267 g/mol. The van der Waals surface area contributed by atoms with Gasteiger partial charge in [0.25, 0.3) is 0 Å². The quantitative estimate of drug-likeness (QED) is 0.789. The van der Waals surface area contributed by atoms with Crippen LogP contribution >= 0.6 is 36.6 Å². The van der Waals surface area contributed by atoms with Crippen LogP contribution in [-0.2, 0) is 6.42 Å². The van der Waals surface area contributed by atoms with Crippen molar-refractivity contribution >= 4 is 36.6 Å². The van der Waals surface area contributed by atoms with E-state index >= 15 is 0 Å². The number of nitrogens with zero attached hydrogens (tertiary/aromatic N) is 1. The second kappa shape index (κ2) is 5.25. The maximum atomic E-state index is 4.61. The fraction of sp³-hybridized carbons (Fsp3) is 0.250. The lowest BCUT2D eigenvalue weighted by Crippen LogP contribution is -1.84. The van der Waals surface area contributed by atoms with E-state index in [1.165, 1.54) is 5.01 Å². The molecule has 0 saturated carbocycles. The summed E-state index contributed by atoms with van der Waals surface area (Å²) >= 11 is 10.6. The van der Waals surface area contributed by atoms with Gasteiger partial charge in [0, 0.05) is 20.7 Å². The lowest BCUT2D eigenvalue weighted by molar-refractivity contribution is 0.909. The van der Waals surface area contributed by atoms with E-state index in [-0.39, 0.29) is 0 Å². The first-order chi connectivity index (χ1) is 7.72. The molecular weight excluding hydrogens is 254 g/mol. The van der Waals surface area contributed by atoms with Gasteiger partial charge in [-0.1, -0.05) is 19.1 Å². The van der Waals surface area contributed by atoms with Crippen molar-refractivity contribution < 1.29 is 0 Å². The van der Waals surface area contributed by atoms with Gasteiger partial charge in [0.1, 0.15) is 0 Å². The third-order valence-electron chi connectivity index (χ3n) is 2.31. The van der Waals surface area contributed by atoms with Crippen molar-refractivity contribution in [1.29, 1.82) is 0 Å². The van der Waals surface area contributed by atoms with Gasteiger partial charge in [-0.05, 0) is 18.9 Å². The second-order valence-corrected chi connectivity index (χ2v) is 5.42. The predicted molar refractivity (Wildman–Crippen MR) is 76.0 cm³/mol. The van der Waals surface area contributed by atoms with Crippen molar-refractivity contribution in [2.45, 2.75) is 29.6 Å². The maximum Gasteiger partial charge on any atom is 0.0932 e. The zero-order valence-corrected chi connectivity index (χ0v) is 11.6. The van der Waals surface area contributed by atoms with Gasteiger partial charge in [0.2, 0.25) is 0 Å². The van der Waals surface area contributed by atoms with Gasteiger partial charge in [-0.25, -0.2) is 4.98 Å². The van der Waals surface area contributed by atoms with Crippen molar-refractivity contribution in [3.63, 3.8) is 0 Å². The minimum Gasteiger partial charge on any atom is -0.241 e. The molecule has 0 aliphatic heterocycles. The summed E-state index contributed by atoms with van der Waals surface area (Å²) in [5, 5.41) is 3.28. The molecule has 0 aliphatic carbocycles. The highest BCUT2D eigenvalue weighted by atomic mass is 32.1. The van der Waals surface area contributed by atoms with Gasteiger partial charge in [-0.2, -0.15) is 0 Å². The third-order valence-corrected chi connectivity index (χ3v) is 4.25. The molecule has 84 valence electrons. The Labute approximate surface area is 111 Å². The number of rotatable bonds is 3. The Kier molecular flexibility index (Phi) is 3.95. The lowest BCUT2D eigenvalue weighted by atomic mass is 10.2. The molecule has 0 unspecified atom stereocenters. The van der Waals surface area contributed by atoms with E-state index in [4.69, 9.17) is 0 Å². The van der Waals surface area contributed by atoms with Crippen LogP contribution in [0.3, 0.4) is 0 Å². The number of thiol groups is 2. The van der Waals surface area contributed by atoms with Crippen LogP contribution in [0.5, 0.6) is 0 Å². The van der Waals surface area contributed by atoms with Gasteiger partial charge in [0.05, 0.1) is 10.7 Å². The average Bonchev–Trinajstić information content (AvgIpc) is 2.71. The topological polar surface area (TPSA) is 12.9 Å². The summed E-state index contributed by atoms with van der Waals surface area (Å²) in [7, 11) is 0. The van der Waals surface area contributed by atoms with Crippen molar-refractivity contribution in [3.8, 4) is 11.3 Å². The van der Waals surface area contributed by atoms with Gasteiger partial charge in [-0.15, -0.1) is 36.6 Å². The van der Waals surface area contributed by atoms with E-state index in [0.29, 0.717) is 0 Å². The van der Waals surface area contributed by atoms with Crippen molar-refractivity contribution in [2.75, 3.05) is 0 Å². The first-order valence-corrected chi connectivity index (χ1v) is 6.95. The van der Waals surface area contributed by atoms with Crippen molar-refractivity contribution in [1.82, 2.24) is 4.98 Å². The van der Waals surface area contributed by atoms with Gasteiger partial charge in [-0.3, -0.25) is 0 Å². The molecule has 0 saturated heterocycles. The molecule has 1 heterocycles. The molecule has 2 aromatic rings. The van der Waals surface area contributed by atoms with E-state index < -0.39 is 0 Å². The summed E-state index contributed by atoms with van der Waals surface area (Å²) in [6.07, 6.45) is 2.18. The van der Waals surface area contributed by atoms with Crippen LogP contribution in [0.2, 0.25) is 0 Å². The summed E-state index contributed by atoms with van der Waals surface area (Å²) < 4.78 is 0. The zero-order chi connectivity index (χ0) is 11.5. The number of aromatic nitrogens is 1. The molecule has 0 amide bonds. The fourth-order valence-electron chi connectivity index (χ4n) is 1.50. The molecule has 1 aromatic carbocycles. The Hall–Kier alpha value is -0.450. The van der Waals surface area contributed by atoms with Crippen LogP contribution in [0.25, 0.3) is 11.3 Å². The summed E-state index contributed by atoms with van der Waals surface area (Å²) in [5.74, 6) is 0. The number of benzene rings is 1. The van der Waals surface area contributed by atoms with Crippen LogP contribution in [0.15, 0.2) is 33.4 Å². The molecule has 0 aliphatic rings. The fourth-order valence-corrected chi connectivity index (χ4v) is 2.87. The minimum absolute atomic E-state index is 0.894. The Morgan fingerprint density at radius 2 is 2.12 bits per heavy atom. The Morgan fingerprint density at radius 3 is 2.88 bits per heavy atom. The first kappa shape index (κ1) is 12.0. The Balaban J connectivity index is 2.39. The number of hydrogen-bond acceptors (Lipinski definition) is 4. The van der Waals surface area contributed by atoms with E-state index in [1.54, 1.807) is 11.3 Å². The molecule has 0 spiro atoms. The predicted octanol–water partition coefficient (Wildman–Crippen LogP) is 4.34. The highest BCUT2D eigenvalue weighted by molar-refractivity contribution is 7.83. The van der Waals surface area contributed by atoms with Crippen LogP contribution in [0, 0.1) is 0 Å². The van der Waals surface area contributed by atoms with Crippen LogP contribution in [0.1, 0.15) is 18.4 Å². The molecule has 1 nitrogen and oxygen atoms in total. The standard InChI is InChI=1S/C12H13NS3/c1-2-4-11-13-9(7-16-11)8-5-3-6-10(14)12(8)15/h3,5-7,14-15H,2,4H2,1H3. The van der Waals surface area contributed by atoms with E-state index in [9.17, 15) is 0 Å². The molecule has 0 fully saturated rings. The monoisotopic (exact) mass is 267 g/mol. The summed E-state index contributed by atoms with van der Waals surface area (Å²) in [6.45, 7) is 2.17. The molecule has 0 atom stereocenters. The molecule has 0 N–H and O–H groups in total. The molecule has 0 bridgehead atoms. The zero-order valence-electron chi connectivity index (χ0n) is 8.97. The first-order valence-electron chi connectivity index (χ1n) is 5.18. The van der Waals surface area contributed by atoms with Crippen molar-refractivity contribution in [2.24, 2.45) is 0 Å². The minimum atomic E-state index is 0.894. The number of hydrogen-bond donors (Lipinski definition) is 2. The van der Waals surface area contributed by atoms with E-state index in [2.05, 4.69) is 42.5 Å². The van der Waals surface area contributed by atoms with Gasteiger partial charge >= 0.3 is 0 Å². The van der Waals surface area contributed by atoms with Crippen LogP contribution in [0.4, 0.5) is 0 Å². The smallest absolute Gasteiger partial charge is 0.0932 e. The van der Waals surface area contributed by atoms with Crippen LogP contribution < -0.4 is 0 Å². The third kappa shape index (κ3) is 2.44. The van der Waals surface area contributed by atoms with Gasteiger partial charge in [0.15, 0.2) is 0 Å². The SMILES string of the molecule is CCCc1nc(-c2cccc(S)c2S)cs1. The highest BCUT2D eigenvalue weighted by Crippen LogP contribution is 2.31. The highest BCUT2D eigenvalue weighted by Gasteiger charge is 2.08. The second-order valence-electron chi connectivity index (χ2n) is 3.55. The Bertz CT molecular complexity index is 491. The number of thiazole rings is 1. The summed E-state index contributed by atoms with van der Waals surface area (Å²) in [5.41, 5.74) is 2.07. The van der Waals surface area contributed by atoms with E-state index in [1.807, 2.05) is 18.2 Å². The molecule has 1 aromatic heterocycles. The van der Waals surface area contributed by atoms with E-state index in [0.717, 1.165) is 33.9 Å². The molecule has 16 heavy (non-hydrogen) atoms. The maximum absolute atomic E-state index is 4.61. The Morgan fingerprint density at radius 1 is 1.31 bits per heavy atom. The summed E-state index contributed by atoms with van der Waals surface area (Å²) in [4.78, 5) is 6.40. The molecule has 4 heteroatoms. The van der Waals surface area contributed by atoms with Crippen molar-refractivity contribution in [3.05, 3.63) is 28.6 Å². The normalized spacial score (nSPS) is 10.7.